The molecule has 0 heterocycles. The summed E-state index contributed by atoms with van der Waals surface area (Å²) in [6, 6.07) is 12.5. The zero-order valence-electron chi connectivity index (χ0n) is 11.1. The first kappa shape index (κ1) is 14.4. The molecule has 0 aliphatic heterocycles. The highest BCUT2D eigenvalue weighted by Gasteiger charge is 2.09. The lowest BCUT2D eigenvalue weighted by molar-refractivity contribution is 0.0696. The van der Waals surface area contributed by atoms with Crippen LogP contribution in [0.2, 0.25) is 0 Å². The van der Waals surface area contributed by atoms with Gasteiger partial charge in [-0.05, 0) is 46.3 Å². The molecule has 0 atom stereocenters. The summed E-state index contributed by atoms with van der Waals surface area (Å²) in [5.74, 6) is 0.307. The fraction of sp³-hybridized carbons (Fsp3) is 0.133. The Kier molecular flexibility index (Phi) is 4.29. The number of aromatic carboxylic acids is 1. The number of hydrogen-bond acceptors (Lipinski definition) is 3. The smallest absolute Gasteiger partial charge is 0.336 e. The number of halogens is 1. The first-order valence-corrected chi connectivity index (χ1v) is 6.75. The summed E-state index contributed by atoms with van der Waals surface area (Å²) in [6.07, 6.45) is 0. The first-order chi connectivity index (χ1) is 9.47. The lowest BCUT2D eigenvalue weighted by atomic mass is 10.2. The van der Waals surface area contributed by atoms with Gasteiger partial charge in [-0.2, -0.15) is 0 Å². The van der Waals surface area contributed by atoms with Crippen molar-refractivity contribution < 1.29 is 14.6 Å². The molecule has 5 heteroatoms. The van der Waals surface area contributed by atoms with Crippen LogP contribution in [0.1, 0.15) is 10.4 Å². The van der Waals surface area contributed by atoms with E-state index in [4.69, 9.17) is 9.84 Å². The van der Waals surface area contributed by atoms with E-state index in [1.165, 1.54) is 6.07 Å². The van der Waals surface area contributed by atoms with Crippen molar-refractivity contribution in [1.29, 1.82) is 0 Å². The van der Waals surface area contributed by atoms with E-state index in [1.807, 2.05) is 43.3 Å². The largest absolute Gasteiger partial charge is 0.478 e. The van der Waals surface area contributed by atoms with Crippen LogP contribution in [-0.2, 0) is 0 Å². The van der Waals surface area contributed by atoms with Gasteiger partial charge in [0.15, 0.2) is 0 Å². The molecule has 0 radical (unpaired) electrons. The number of carboxylic acid groups (broad SMARTS) is 1. The Morgan fingerprint density at radius 2 is 1.85 bits per heavy atom. The average molecular weight is 336 g/mol. The average Bonchev–Trinajstić information content (AvgIpc) is 2.38. The summed E-state index contributed by atoms with van der Waals surface area (Å²) in [4.78, 5) is 12.9. The van der Waals surface area contributed by atoms with Gasteiger partial charge in [-0.1, -0.05) is 6.07 Å². The SMILES string of the molecule is CN(C)c1cccc(Oc2ccc(C(=O)O)c(Br)c2)c1. The molecule has 0 amide bonds. The van der Waals surface area contributed by atoms with Gasteiger partial charge >= 0.3 is 5.97 Å². The number of carboxylic acids is 1. The van der Waals surface area contributed by atoms with E-state index >= 15 is 0 Å². The summed E-state index contributed by atoms with van der Waals surface area (Å²) in [5.41, 5.74) is 1.24. The molecule has 0 aliphatic carbocycles. The van der Waals surface area contributed by atoms with Gasteiger partial charge < -0.3 is 14.7 Å². The summed E-state index contributed by atoms with van der Waals surface area (Å²) in [6.45, 7) is 0. The maximum absolute atomic E-state index is 10.9. The summed E-state index contributed by atoms with van der Waals surface area (Å²) >= 11 is 3.23. The topological polar surface area (TPSA) is 49.8 Å². The van der Waals surface area contributed by atoms with Crippen molar-refractivity contribution in [3.63, 3.8) is 0 Å². The number of carbonyl (C=O) groups is 1. The fourth-order valence-corrected chi connectivity index (χ4v) is 2.22. The second kappa shape index (κ2) is 5.96. The second-order valence-corrected chi connectivity index (χ2v) is 5.29. The molecule has 0 spiro atoms. The predicted octanol–water partition coefficient (Wildman–Crippen LogP) is 4.01. The van der Waals surface area contributed by atoms with Crippen LogP contribution in [0.3, 0.4) is 0 Å². The number of anilines is 1. The number of rotatable bonds is 4. The normalized spacial score (nSPS) is 10.2. The Balaban J connectivity index is 2.24. The molecule has 0 saturated carbocycles. The molecule has 0 saturated heterocycles. The van der Waals surface area contributed by atoms with Crippen LogP contribution in [0.15, 0.2) is 46.9 Å². The first-order valence-electron chi connectivity index (χ1n) is 5.95. The molecule has 2 rings (SSSR count). The molecule has 2 aromatic rings. The maximum atomic E-state index is 10.9. The fourth-order valence-electron chi connectivity index (χ4n) is 1.69. The van der Waals surface area contributed by atoms with Crippen LogP contribution >= 0.6 is 15.9 Å². The molecule has 1 N–H and O–H groups in total. The Morgan fingerprint density at radius 3 is 2.45 bits per heavy atom. The van der Waals surface area contributed by atoms with E-state index in [1.54, 1.807) is 12.1 Å². The van der Waals surface area contributed by atoms with Crippen molar-refractivity contribution in [2.45, 2.75) is 0 Å². The van der Waals surface area contributed by atoms with Gasteiger partial charge in [-0.3, -0.25) is 0 Å². The maximum Gasteiger partial charge on any atom is 0.336 e. The van der Waals surface area contributed by atoms with Crippen molar-refractivity contribution >= 4 is 27.6 Å². The molecule has 0 aliphatic rings. The summed E-state index contributed by atoms with van der Waals surface area (Å²) in [7, 11) is 3.91. The quantitative estimate of drug-likeness (QED) is 0.917. The molecule has 0 unspecified atom stereocenters. The van der Waals surface area contributed by atoms with Crippen molar-refractivity contribution in [2.75, 3.05) is 19.0 Å². The van der Waals surface area contributed by atoms with Crippen molar-refractivity contribution in [2.24, 2.45) is 0 Å². The zero-order valence-corrected chi connectivity index (χ0v) is 12.7. The number of ether oxygens (including phenoxy) is 1. The lowest BCUT2D eigenvalue weighted by Gasteiger charge is -2.14. The van der Waals surface area contributed by atoms with E-state index in [9.17, 15) is 4.79 Å². The van der Waals surface area contributed by atoms with Crippen LogP contribution < -0.4 is 9.64 Å². The third-order valence-corrected chi connectivity index (χ3v) is 3.40. The molecule has 2 aromatic carbocycles. The van der Waals surface area contributed by atoms with Gasteiger partial charge in [-0.15, -0.1) is 0 Å². The minimum absolute atomic E-state index is 0.208. The molecule has 0 fully saturated rings. The van der Waals surface area contributed by atoms with Crippen molar-refractivity contribution in [1.82, 2.24) is 0 Å². The number of benzene rings is 2. The van der Waals surface area contributed by atoms with Crippen LogP contribution in [0.5, 0.6) is 11.5 Å². The highest BCUT2D eigenvalue weighted by atomic mass is 79.9. The molecular weight excluding hydrogens is 322 g/mol. The van der Waals surface area contributed by atoms with Crippen LogP contribution in [0.25, 0.3) is 0 Å². The minimum atomic E-state index is -0.974. The highest BCUT2D eigenvalue weighted by Crippen LogP contribution is 2.28. The van der Waals surface area contributed by atoms with E-state index in [-0.39, 0.29) is 5.56 Å². The Labute approximate surface area is 125 Å². The molecule has 0 bridgehead atoms. The standard InChI is InChI=1S/C15H14BrNO3/c1-17(2)10-4-3-5-11(8-10)20-12-6-7-13(15(18)19)14(16)9-12/h3-9H,1-2H3,(H,18,19). The Hall–Kier alpha value is -2.01. The highest BCUT2D eigenvalue weighted by molar-refractivity contribution is 9.10. The predicted molar refractivity (Wildman–Crippen MR) is 81.9 cm³/mol. The minimum Gasteiger partial charge on any atom is -0.478 e. The van der Waals surface area contributed by atoms with Crippen molar-refractivity contribution in [3.8, 4) is 11.5 Å². The van der Waals surface area contributed by atoms with Gasteiger partial charge in [0.1, 0.15) is 11.5 Å². The third kappa shape index (κ3) is 3.30. The molecule has 20 heavy (non-hydrogen) atoms. The summed E-state index contributed by atoms with van der Waals surface area (Å²) < 4.78 is 6.23. The van der Waals surface area contributed by atoms with Crippen LogP contribution in [0.4, 0.5) is 5.69 Å². The Morgan fingerprint density at radius 1 is 1.15 bits per heavy atom. The molecule has 0 aromatic heterocycles. The molecular formula is C15H14BrNO3. The van der Waals surface area contributed by atoms with Crippen LogP contribution in [0, 0.1) is 0 Å². The van der Waals surface area contributed by atoms with Gasteiger partial charge in [0.05, 0.1) is 5.56 Å². The van der Waals surface area contributed by atoms with E-state index in [0.29, 0.717) is 16.0 Å². The second-order valence-electron chi connectivity index (χ2n) is 4.44. The third-order valence-electron chi connectivity index (χ3n) is 2.74. The van der Waals surface area contributed by atoms with E-state index in [2.05, 4.69) is 15.9 Å². The molecule has 104 valence electrons. The molecule has 4 nitrogen and oxygen atoms in total. The summed E-state index contributed by atoms with van der Waals surface area (Å²) in [5, 5.41) is 8.97. The Bertz CT molecular complexity index is 641. The van der Waals surface area contributed by atoms with Gasteiger partial charge in [0, 0.05) is 30.3 Å². The van der Waals surface area contributed by atoms with Gasteiger partial charge in [-0.25, -0.2) is 4.79 Å². The van der Waals surface area contributed by atoms with Gasteiger partial charge in [0.2, 0.25) is 0 Å². The monoisotopic (exact) mass is 335 g/mol. The number of hydrogen-bond donors (Lipinski definition) is 1. The zero-order chi connectivity index (χ0) is 14.7. The lowest BCUT2D eigenvalue weighted by Crippen LogP contribution is -2.08. The van der Waals surface area contributed by atoms with E-state index < -0.39 is 5.97 Å². The van der Waals surface area contributed by atoms with E-state index in [0.717, 1.165) is 5.69 Å². The number of nitrogens with zero attached hydrogens (tertiary/aromatic N) is 1. The van der Waals surface area contributed by atoms with Crippen LogP contribution in [-0.4, -0.2) is 25.2 Å². The van der Waals surface area contributed by atoms with Gasteiger partial charge in [0.25, 0.3) is 0 Å². The van der Waals surface area contributed by atoms with Crippen molar-refractivity contribution in [3.05, 3.63) is 52.5 Å².